The van der Waals surface area contributed by atoms with Gasteiger partial charge in [-0.1, -0.05) is 27.7 Å². The molecule has 0 N–H and O–H groups in total. The van der Waals surface area contributed by atoms with Gasteiger partial charge in [0.05, 0.1) is 0 Å². The van der Waals surface area contributed by atoms with Crippen LogP contribution in [-0.2, 0) is 4.79 Å². The van der Waals surface area contributed by atoms with Gasteiger partial charge in [0.2, 0.25) is 0 Å². The molecule has 18 heavy (non-hydrogen) atoms. The van der Waals surface area contributed by atoms with Crippen LogP contribution in [-0.4, -0.2) is 29.8 Å². The average Bonchev–Trinajstić information content (AvgIpc) is 2.28. The molecular formula is C16H31NO. The van der Waals surface area contributed by atoms with Crippen LogP contribution < -0.4 is 0 Å². The fourth-order valence-corrected chi connectivity index (χ4v) is 2.64. The quantitative estimate of drug-likeness (QED) is 0.686. The summed E-state index contributed by atoms with van der Waals surface area (Å²) in [6, 6.07) is 0.531. The molecule has 0 bridgehead atoms. The number of rotatable bonds is 7. The maximum Gasteiger partial charge on any atom is 0.134 e. The first-order valence-corrected chi connectivity index (χ1v) is 7.74. The monoisotopic (exact) mass is 253 g/mol. The second-order valence-electron chi connectivity index (χ2n) is 6.69. The summed E-state index contributed by atoms with van der Waals surface area (Å²) in [5.41, 5.74) is 0. The van der Waals surface area contributed by atoms with E-state index in [0.717, 1.165) is 31.1 Å². The Kier molecular flexibility index (Phi) is 6.91. The van der Waals surface area contributed by atoms with Crippen LogP contribution in [0.25, 0.3) is 0 Å². The van der Waals surface area contributed by atoms with E-state index in [9.17, 15) is 4.79 Å². The molecule has 2 heteroatoms. The highest BCUT2D eigenvalue weighted by Crippen LogP contribution is 2.22. The molecule has 1 rings (SSSR count). The number of carbonyl (C=O) groups is 1. The van der Waals surface area contributed by atoms with Gasteiger partial charge in [-0.25, -0.2) is 0 Å². The zero-order valence-electron chi connectivity index (χ0n) is 12.7. The molecule has 0 aromatic carbocycles. The van der Waals surface area contributed by atoms with Crippen molar-refractivity contribution in [3.05, 3.63) is 0 Å². The van der Waals surface area contributed by atoms with Crippen molar-refractivity contribution in [3.8, 4) is 0 Å². The molecule has 0 heterocycles. The molecule has 0 aromatic heterocycles. The van der Waals surface area contributed by atoms with Crippen LogP contribution >= 0.6 is 0 Å². The van der Waals surface area contributed by atoms with Gasteiger partial charge in [-0.05, 0) is 50.6 Å². The first-order valence-electron chi connectivity index (χ1n) is 7.74. The molecule has 1 aliphatic rings. The minimum Gasteiger partial charge on any atom is -0.300 e. The minimum atomic E-state index is 0.477. The van der Waals surface area contributed by atoms with Gasteiger partial charge in [-0.15, -0.1) is 0 Å². The highest BCUT2D eigenvalue weighted by Gasteiger charge is 2.25. The average molecular weight is 253 g/mol. The van der Waals surface area contributed by atoms with Gasteiger partial charge in [0.25, 0.3) is 0 Å². The molecule has 1 atom stereocenters. The van der Waals surface area contributed by atoms with Crippen LogP contribution in [0.3, 0.4) is 0 Å². The standard InChI is InChI=1S/C16H31NO/c1-13(2)8-10-17(11-9-14(3)4)15-6-5-7-16(18)12-15/h13-15H,5-12H2,1-4H3. The molecule has 1 aliphatic carbocycles. The van der Waals surface area contributed by atoms with Gasteiger partial charge in [-0.2, -0.15) is 0 Å². The SMILES string of the molecule is CC(C)CCN(CCC(C)C)C1CCCC(=O)C1. The van der Waals surface area contributed by atoms with Crippen LogP contribution in [0.15, 0.2) is 0 Å². The number of nitrogens with zero attached hydrogens (tertiary/aromatic N) is 1. The van der Waals surface area contributed by atoms with E-state index in [1.54, 1.807) is 0 Å². The predicted molar refractivity (Wildman–Crippen MR) is 77.7 cm³/mol. The van der Waals surface area contributed by atoms with Crippen molar-refractivity contribution in [1.82, 2.24) is 4.90 Å². The third-order valence-electron chi connectivity index (χ3n) is 3.96. The fraction of sp³-hybridized carbons (Fsp3) is 0.938. The topological polar surface area (TPSA) is 20.3 Å². The first-order chi connectivity index (χ1) is 8.49. The van der Waals surface area contributed by atoms with E-state index < -0.39 is 0 Å². The Morgan fingerprint density at radius 1 is 1.11 bits per heavy atom. The number of Topliss-reactive ketones (excluding diaryl/α,β-unsaturated/α-hetero) is 1. The van der Waals surface area contributed by atoms with E-state index in [0.29, 0.717) is 11.8 Å². The largest absolute Gasteiger partial charge is 0.300 e. The zero-order valence-corrected chi connectivity index (χ0v) is 12.7. The normalized spacial score (nSPS) is 21.3. The summed E-state index contributed by atoms with van der Waals surface area (Å²) in [6.45, 7) is 11.5. The van der Waals surface area contributed by atoms with Gasteiger partial charge in [0.1, 0.15) is 5.78 Å². The highest BCUT2D eigenvalue weighted by molar-refractivity contribution is 5.79. The lowest BCUT2D eigenvalue weighted by Crippen LogP contribution is -2.41. The van der Waals surface area contributed by atoms with Crippen molar-refractivity contribution >= 4 is 5.78 Å². The molecule has 0 aromatic rings. The Morgan fingerprint density at radius 2 is 1.67 bits per heavy atom. The molecule has 1 unspecified atom stereocenters. The highest BCUT2D eigenvalue weighted by atomic mass is 16.1. The molecule has 0 amide bonds. The van der Waals surface area contributed by atoms with E-state index in [-0.39, 0.29) is 0 Å². The van der Waals surface area contributed by atoms with Gasteiger partial charge in [-0.3, -0.25) is 9.69 Å². The molecule has 0 radical (unpaired) electrons. The Labute approximate surface area is 113 Å². The van der Waals surface area contributed by atoms with Gasteiger partial charge < -0.3 is 0 Å². The lowest BCUT2D eigenvalue weighted by Gasteiger charge is -2.34. The van der Waals surface area contributed by atoms with Crippen molar-refractivity contribution in [2.75, 3.05) is 13.1 Å². The number of hydrogen-bond donors (Lipinski definition) is 0. The third kappa shape index (κ3) is 5.99. The number of ketones is 1. The molecule has 0 saturated heterocycles. The van der Waals surface area contributed by atoms with Crippen molar-refractivity contribution in [2.24, 2.45) is 11.8 Å². The second-order valence-corrected chi connectivity index (χ2v) is 6.69. The van der Waals surface area contributed by atoms with Crippen LogP contribution in [0, 0.1) is 11.8 Å². The number of hydrogen-bond acceptors (Lipinski definition) is 2. The summed E-state index contributed by atoms with van der Waals surface area (Å²) in [5, 5.41) is 0. The van der Waals surface area contributed by atoms with E-state index in [1.165, 1.54) is 32.4 Å². The van der Waals surface area contributed by atoms with Crippen molar-refractivity contribution in [2.45, 2.75) is 72.3 Å². The van der Waals surface area contributed by atoms with E-state index in [1.807, 2.05) is 0 Å². The molecule has 1 saturated carbocycles. The molecule has 1 fully saturated rings. The number of carbonyl (C=O) groups excluding carboxylic acids is 1. The van der Waals surface area contributed by atoms with E-state index >= 15 is 0 Å². The Bertz CT molecular complexity index is 235. The molecule has 2 nitrogen and oxygen atoms in total. The minimum absolute atomic E-state index is 0.477. The Hall–Kier alpha value is -0.370. The Morgan fingerprint density at radius 3 is 2.11 bits per heavy atom. The maximum absolute atomic E-state index is 11.6. The summed E-state index contributed by atoms with van der Waals surface area (Å²) in [5.74, 6) is 1.99. The van der Waals surface area contributed by atoms with Crippen molar-refractivity contribution < 1.29 is 4.79 Å². The van der Waals surface area contributed by atoms with Gasteiger partial charge in [0, 0.05) is 18.9 Å². The summed E-state index contributed by atoms with van der Waals surface area (Å²) >= 11 is 0. The summed E-state index contributed by atoms with van der Waals surface area (Å²) in [4.78, 5) is 14.2. The molecular weight excluding hydrogens is 222 g/mol. The Balaban J connectivity index is 2.48. The van der Waals surface area contributed by atoms with Gasteiger partial charge in [0.15, 0.2) is 0 Å². The lowest BCUT2D eigenvalue weighted by atomic mass is 9.92. The van der Waals surface area contributed by atoms with Crippen LogP contribution in [0.4, 0.5) is 0 Å². The smallest absolute Gasteiger partial charge is 0.134 e. The van der Waals surface area contributed by atoms with Crippen LogP contribution in [0.2, 0.25) is 0 Å². The lowest BCUT2D eigenvalue weighted by molar-refractivity contribution is -0.122. The van der Waals surface area contributed by atoms with E-state index in [2.05, 4.69) is 32.6 Å². The van der Waals surface area contributed by atoms with Crippen LogP contribution in [0.5, 0.6) is 0 Å². The zero-order chi connectivity index (χ0) is 13.5. The third-order valence-corrected chi connectivity index (χ3v) is 3.96. The van der Waals surface area contributed by atoms with Crippen LogP contribution in [0.1, 0.15) is 66.2 Å². The summed E-state index contributed by atoms with van der Waals surface area (Å²) < 4.78 is 0. The second kappa shape index (κ2) is 7.93. The van der Waals surface area contributed by atoms with Crippen molar-refractivity contribution in [3.63, 3.8) is 0 Å². The van der Waals surface area contributed by atoms with Crippen molar-refractivity contribution in [1.29, 1.82) is 0 Å². The van der Waals surface area contributed by atoms with Gasteiger partial charge >= 0.3 is 0 Å². The molecule has 106 valence electrons. The summed E-state index contributed by atoms with van der Waals surface area (Å²) in [7, 11) is 0. The molecule has 0 aliphatic heterocycles. The molecule has 0 spiro atoms. The van der Waals surface area contributed by atoms with E-state index in [4.69, 9.17) is 0 Å². The fourth-order valence-electron chi connectivity index (χ4n) is 2.64. The predicted octanol–water partition coefficient (Wildman–Crippen LogP) is 3.89. The first kappa shape index (κ1) is 15.7. The maximum atomic E-state index is 11.6. The summed E-state index contributed by atoms with van der Waals surface area (Å²) in [6.07, 6.45) is 6.45.